The van der Waals surface area contributed by atoms with Crippen molar-refractivity contribution in [3.63, 3.8) is 0 Å². The predicted octanol–water partition coefficient (Wildman–Crippen LogP) is 3.02. The highest BCUT2D eigenvalue weighted by Gasteiger charge is 2.39. The SMILES string of the molecule is O=C(Cc1cccnc1)CC1CC2CCC1C2. The van der Waals surface area contributed by atoms with Gasteiger partial charge in [-0.2, -0.15) is 0 Å². The van der Waals surface area contributed by atoms with Crippen LogP contribution in [0.15, 0.2) is 24.5 Å². The maximum Gasteiger partial charge on any atom is 0.137 e. The van der Waals surface area contributed by atoms with E-state index in [1.165, 1.54) is 25.7 Å². The second-order valence-corrected chi connectivity index (χ2v) is 5.72. The fourth-order valence-electron chi connectivity index (χ4n) is 3.72. The Balaban J connectivity index is 1.54. The van der Waals surface area contributed by atoms with E-state index in [1.54, 1.807) is 12.4 Å². The van der Waals surface area contributed by atoms with Crippen LogP contribution in [0.4, 0.5) is 0 Å². The molecular weight excluding hydrogens is 210 g/mol. The molecule has 1 aromatic rings. The molecule has 90 valence electrons. The molecule has 2 nitrogen and oxygen atoms in total. The van der Waals surface area contributed by atoms with Gasteiger partial charge >= 0.3 is 0 Å². The second kappa shape index (κ2) is 4.59. The van der Waals surface area contributed by atoms with E-state index in [0.717, 1.165) is 23.8 Å². The van der Waals surface area contributed by atoms with Crippen LogP contribution in [0.3, 0.4) is 0 Å². The van der Waals surface area contributed by atoms with E-state index < -0.39 is 0 Å². The molecule has 3 rings (SSSR count). The van der Waals surface area contributed by atoms with Crippen LogP contribution in [0, 0.1) is 17.8 Å². The first-order valence-electron chi connectivity index (χ1n) is 6.72. The van der Waals surface area contributed by atoms with Gasteiger partial charge in [0.1, 0.15) is 5.78 Å². The Bertz CT molecular complexity index is 401. The number of pyridine rings is 1. The van der Waals surface area contributed by atoms with Crippen molar-refractivity contribution in [3.8, 4) is 0 Å². The molecule has 2 heteroatoms. The summed E-state index contributed by atoms with van der Waals surface area (Å²) >= 11 is 0. The minimum atomic E-state index is 0.399. The normalized spacial score (nSPS) is 30.7. The summed E-state index contributed by atoms with van der Waals surface area (Å²) in [5.41, 5.74) is 1.06. The zero-order chi connectivity index (χ0) is 11.7. The van der Waals surface area contributed by atoms with Crippen molar-refractivity contribution in [2.75, 3.05) is 0 Å². The van der Waals surface area contributed by atoms with Gasteiger partial charge in [-0.05, 0) is 48.6 Å². The molecule has 2 fully saturated rings. The van der Waals surface area contributed by atoms with E-state index in [0.29, 0.717) is 18.1 Å². The summed E-state index contributed by atoms with van der Waals surface area (Å²) in [6.07, 6.45) is 10.4. The standard InChI is InChI=1S/C15H19NO/c17-15(8-12-2-1-5-16-10-12)9-14-7-11-3-4-13(14)6-11/h1-2,5,10-11,13-14H,3-4,6-9H2. The van der Waals surface area contributed by atoms with Crippen molar-refractivity contribution in [1.29, 1.82) is 0 Å². The molecule has 0 amide bonds. The average Bonchev–Trinajstić information content (AvgIpc) is 2.92. The molecule has 1 heterocycles. The first-order chi connectivity index (χ1) is 8.31. The maximum atomic E-state index is 12.0. The van der Waals surface area contributed by atoms with E-state index in [4.69, 9.17) is 0 Å². The lowest BCUT2D eigenvalue weighted by Crippen LogP contribution is -2.16. The zero-order valence-corrected chi connectivity index (χ0v) is 10.1. The highest BCUT2D eigenvalue weighted by atomic mass is 16.1. The van der Waals surface area contributed by atoms with Crippen LogP contribution in [0.1, 0.15) is 37.7 Å². The van der Waals surface area contributed by atoms with Gasteiger partial charge in [-0.25, -0.2) is 0 Å². The van der Waals surface area contributed by atoms with Gasteiger partial charge in [0.05, 0.1) is 0 Å². The Labute approximate surface area is 102 Å². The molecule has 0 radical (unpaired) electrons. The molecule has 1 aromatic heterocycles. The molecular formula is C15H19NO. The topological polar surface area (TPSA) is 30.0 Å². The number of rotatable bonds is 4. The first kappa shape index (κ1) is 10.9. The molecule has 0 aliphatic heterocycles. The third-order valence-electron chi connectivity index (χ3n) is 4.50. The number of carbonyl (C=O) groups excluding carboxylic acids is 1. The molecule has 0 spiro atoms. The molecule has 2 aliphatic rings. The Morgan fingerprint density at radius 1 is 1.35 bits per heavy atom. The van der Waals surface area contributed by atoms with E-state index in [2.05, 4.69) is 4.98 Å². The van der Waals surface area contributed by atoms with Crippen LogP contribution in [0.5, 0.6) is 0 Å². The minimum absolute atomic E-state index is 0.399. The fourth-order valence-corrected chi connectivity index (χ4v) is 3.72. The molecule has 0 saturated heterocycles. The molecule has 3 unspecified atom stereocenters. The van der Waals surface area contributed by atoms with Crippen molar-refractivity contribution < 1.29 is 4.79 Å². The minimum Gasteiger partial charge on any atom is -0.299 e. The fraction of sp³-hybridized carbons (Fsp3) is 0.600. The lowest BCUT2D eigenvalue weighted by molar-refractivity contribution is -0.119. The van der Waals surface area contributed by atoms with Gasteiger partial charge in [0, 0.05) is 25.2 Å². The van der Waals surface area contributed by atoms with Crippen LogP contribution >= 0.6 is 0 Å². The Kier molecular flexibility index (Phi) is 2.96. The number of Topliss-reactive ketones (excluding diaryl/α,β-unsaturated/α-hetero) is 1. The lowest BCUT2D eigenvalue weighted by atomic mass is 9.84. The summed E-state index contributed by atoms with van der Waals surface area (Å²) in [5.74, 6) is 2.89. The molecule has 0 aromatic carbocycles. The summed E-state index contributed by atoms with van der Waals surface area (Å²) in [5, 5.41) is 0. The Morgan fingerprint density at radius 3 is 2.94 bits per heavy atom. The van der Waals surface area contributed by atoms with Crippen molar-refractivity contribution in [2.24, 2.45) is 17.8 Å². The number of hydrogen-bond donors (Lipinski definition) is 0. The van der Waals surface area contributed by atoms with Crippen LogP contribution in [-0.4, -0.2) is 10.8 Å². The van der Waals surface area contributed by atoms with E-state index in [-0.39, 0.29) is 0 Å². The van der Waals surface area contributed by atoms with Gasteiger partial charge in [-0.15, -0.1) is 0 Å². The third-order valence-corrected chi connectivity index (χ3v) is 4.50. The predicted molar refractivity (Wildman–Crippen MR) is 66.5 cm³/mol. The molecule has 2 bridgehead atoms. The van der Waals surface area contributed by atoms with Gasteiger partial charge in [-0.1, -0.05) is 12.5 Å². The number of hydrogen-bond acceptors (Lipinski definition) is 2. The number of aromatic nitrogens is 1. The molecule has 0 N–H and O–H groups in total. The highest BCUT2D eigenvalue weighted by Crippen LogP contribution is 2.49. The van der Waals surface area contributed by atoms with Crippen LogP contribution in [0.25, 0.3) is 0 Å². The molecule has 3 atom stereocenters. The average molecular weight is 229 g/mol. The number of ketones is 1. The van der Waals surface area contributed by atoms with Gasteiger partial charge < -0.3 is 0 Å². The van der Waals surface area contributed by atoms with E-state index >= 15 is 0 Å². The third kappa shape index (κ3) is 2.41. The van der Waals surface area contributed by atoms with Crippen LogP contribution in [-0.2, 0) is 11.2 Å². The van der Waals surface area contributed by atoms with Crippen LogP contribution in [0.2, 0.25) is 0 Å². The van der Waals surface area contributed by atoms with E-state index in [9.17, 15) is 4.79 Å². The van der Waals surface area contributed by atoms with Gasteiger partial charge in [0.25, 0.3) is 0 Å². The summed E-state index contributed by atoms with van der Waals surface area (Å²) in [7, 11) is 0. The van der Waals surface area contributed by atoms with Gasteiger partial charge in [0.15, 0.2) is 0 Å². The number of carbonyl (C=O) groups is 1. The monoisotopic (exact) mass is 229 g/mol. The van der Waals surface area contributed by atoms with Gasteiger partial charge in [-0.3, -0.25) is 9.78 Å². The maximum absolute atomic E-state index is 12.0. The second-order valence-electron chi connectivity index (χ2n) is 5.72. The number of nitrogens with zero attached hydrogens (tertiary/aromatic N) is 1. The molecule has 2 saturated carbocycles. The molecule has 17 heavy (non-hydrogen) atoms. The highest BCUT2D eigenvalue weighted by molar-refractivity contribution is 5.81. The Hall–Kier alpha value is -1.18. The van der Waals surface area contributed by atoms with E-state index in [1.807, 2.05) is 12.1 Å². The lowest BCUT2D eigenvalue weighted by Gasteiger charge is -2.20. The number of fused-ring (bicyclic) bond motifs is 2. The summed E-state index contributed by atoms with van der Waals surface area (Å²) in [4.78, 5) is 16.1. The summed E-state index contributed by atoms with van der Waals surface area (Å²) in [6, 6.07) is 3.89. The van der Waals surface area contributed by atoms with Crippen LogP contribution < -0.4 is 0 Å². The van der Waals surface area contributed by atoms with Gasteiger partial charge in [0.2, 0.25) is 0 Å². The smallest absolute Gasteiger partial charge is 0.137 e. The van der Waals surface area contributed by atoms with Crippen molar-refractivity contribution in [2.45, 2.75) is 38.5 Å². The first-order valence-corrected chi connectivity index (χ1v) is 6.72. The largest absolute Gasteiger partial charge is 0.299 e. The van der Waals surface area contributed by atoms with Crippen molar-refractivity contribution in [1.82, 2.24) is 4.98 Å². The quantitative estimate of drug-likeness (QED) is 0.794. The summed E-state index contributed by atoms with van der Waals surface area (Å²) in [6.45, 7) is 0. The summed E-state index contributed by atoms with van der Waals surface area (Å²) < 4.78 is 0. The van der Waals surface area contributed by atoms with Crippen molar-refractivity contribution >= 4 is 5.78 Å². The molecule has 2 aliphatic carbocycles. The van der Waals surface area contributed by atoms with Crippen molar-refractivity contribution in [3.05, 3.63) is 30.1 Å². The Morgan fingerprint density at radius 2 is 2.29 bits per heavy atom. The zero-order valence-electron chi connectivity index (χ0n) is 10.1.